The van der Waals surface area contributed by atoms with Crippen LogP contribution in [0.1, 0.15) is 19.6 Å². The van der Waals surface area contributed by atoms with Crippen molar-refractivity contribution in [3.8, 4) is 0 Å². The molecule has 1 aromatic rings. The molecule has 1 aromatic heterocycles. The summed E-state index contributed by atoms with van der Waals surface area (Å²) in [5.41, 5.74) is 1.30. The Hall–Kier alpha value is -0.210. The number of alkyl halides is 1. The van der Waals surface area contributed by atoms with Crippen molar-refractivity contribution in [1.82, 2.24) is 0 Å². The summed E-state index contributed by atoms with van der Waals surface area (Å²) in [6.07, 6.45) is 2.02. The zero-order valence-corrected chi connectivity index (χ0v) is 10.0. The van der Waals surface area contributed by atoms with Crippen LogP contribution in [0.15, 0.2) is 22.1 Å². The van der Waals surface area contributed by atoms with Crippen molar-refractivity contribution in [2.75, 3.05) is 5.33 Å². The minimum atomic E-state index is 0.434. The molecule has 0 spiro atoms. The molecule has 1 heterocycles. The maximum atomic E-state index is 5.66. The zero-order valence-electron chi connectivity index (χ0n) is 7.68. The van der Waals surface area contributed by atoms with Gasteiger partial charge in [-0.1, -0.05) is 35.4 Å². The summed E-state index contributed by atoms with van der Waals surface area (Å²) in [6, 6.07) is 3.62. The molecule has 0 bridgehead atoms. The second-order valence-corrected chi connectivity index (χ2v) is 4.08. The lowest BCUT2D eigenvalue weighted by Gasteiger charge is -2.05. The van der Waals surface area contributed by atoms with Gasteiger partial charge >= 0.3 is 0 Å². The van der Waals surface area contributed by atoms with E-state index in [2.05, 4.69) is 29.8 Å². The van der Waals surface area contributed by atoms with E-state index in [-0.39, 0.29) is 0 Å². The molecule has 0 aliphatic rings. The van der Waals surface area contributed by atoms with Crippen molar-refractivity contribution in [2.45, 2.75) is 13.8 Å². The average molecular weight is 264 g/mol. The predicted octanol–water partition coefficient (Wildman–Crippen LogP) is 4.37. The number of hydrogen-bond donors (Lipinski definition) is 0. The highest BCUT2D eigenvalue weighted by molar-refractivity contribution is 9.09. The standard InChI is InChI=1S/C10H12BrClO/c1-7(2)8(6-11)5-9-3-4-10(12)13-9/h3-5,7H,6H2,1-2H3/b8-5+. The van der Waals surface area contributed by atoms with Crippen LogP contribution in [0.25, 0.3) is 6.08 Å². The Bertz CT molecular complexity index is 302. The van der Waals surface area contributed by atoms with Crippen molar-refractivity contribution < 1.29 is 4.42 Å². The number of hydrogen-bond acceptors (Lipinski definition) is 1. The minimum Gasteiger partial charge on any atom is -0.445 e. The van der Waals surface area contributed by atoms with Crippen LogP contribution in [0, 0.1) is 5.92 Å². The molecule has 0 aromatic carbocycles. The Morgan fingerprint density at radius 1 is 1.62 bits per heavy atom. The Kier molecular flexibility index (Phi) is 4.07. The van der Waals surface area contributed by atoms with Crippen LogP contribution in [0.5, 0.6) is 0 Å². The highest BCUT2D eigenvalue weighted by atomic mass is 79.9. The Balaban J connectivity index is 2.84. The molecule has 0 fully saturated rings. The van der Waals surface area contributed by atoms with E-state index in [0.29, 0.717) is 11.1 Å². The third-order valence-electron chi connectivity index (χ3n) is 1.82. The van der Waals surface area contributed by atoms with E-state index in [1.165, 1.54) is 5.57 Å². The van der Waals surface area contributed by atoms with Gasteiger partial charge in [0.15, 0.2) is 5.22 Å². The number of furan rings is 1. The summed E-state index contributed by atoms with van der Waals surface area (Å²) >= 11 is 9.10. The van der Waals surface area contributed by atoms with E-state index >= 15 is 0 Å². The summed E-state index contributed by atoms with van der Waals surface area (Å²) in [5, 5.41) is 1.30. The second-order valence-electron chi connectivity index (χ2n) is 3.15. The molecule has 1 rings (SSSR count). The van der Waals surface area contributed by atoms with Gasteiger partial charge in [0, 0.05) is 5.33 Å². The van der Waals surface area contributed by atoms with Crippen molar-refractivity contribution in [3.05, 3.63) is 28.7 Å². The molecule has 0 saturated heterocycles. The molecule has 0 atom stereocenters. The zero-order chi connectivity index (χ0) is 9.84. The summed E-state index contributed by atoms with van der Waals surface area (Å²) in [7, 11) is 0. The molecule has 0 unspecified atom stereocenters. The van der Waals surface area contributed by atoms with Crippen molar-refractivity contribution in [1.29, 1.82) is 0 Å². The molecular formula is C10H12BrClO. The summed E-state index contributed by atoms with van der Waals surface area (Å²) in [6.45, 7) is 4.30. The first-order valence-corrected chi connectivity index (χ1v) is 5.65. The smallest absolute Gasteiger partial charge is 0.193 e. The van der Waals surface area contributed by atoms with Gasteiger partial charge in [0.1, 0.15) is 5.76 Å². The van der Waals surface area contributed by atoms with Gasteiger partial charge in [-0.05, 0) is 35.7 Å². The first-order chi connectivity index (χ1) is 6.13. The van der Waals surface area contributed by atoms with E-state index in [0.717, 1.165) is 11.1 Å². The van der Waals surface area contributed by atoms with Crippen LogP contribution in [0.4, 0.5) is 0 Å². The summed E-state index contributed by atoms with van der Waals surface area (Å²) in [5.74, 6) is 1.33. The quantitative estimate of drug-likeness (QED) is 0.738. The molecule has 0 N–H and O–H groups in total. The van der Waals surface area contributed by atoms with Gasteiger partial charge in [-0.25, -0.2) is 0 Å². The van der Waals surface area contributed by atoms with Gasteiger partial charge in [-0.2, -0.15) is 0 Å². The number of rotatable bonds is 3. The van der Waals surface area contributed by atoms with Crippen LogP contribution >= 0.6 is 27.5 Å². The molecule has 0 aliphatic heterocycles. The maximum Gasteiger partial charge on any atom is 0.193 e. The fourth-order valence-corrected chi connectivity index (χ4v) is 1.91. The average Bonchev–Trinajstić information content (AvgIpc) is 2.46. The lowest BCUT2D eigenvalue weighted by atomic mass is 10.0. The lowest BCUT2D eigenvalue weighted by molar-refractivity contribution is 0.557. The van der Waals surface area contributed by atoms with Crippen molar-refractivity contribution in [3.63, 3.8) is 0 Å². The topological polar surface area (TPSA) is 13.1 Å². The van der Waals surface area contributed by atoms with Gasteiger partial charge in [0.25, 0.3) is 0 Å². The first kappa shape index (κ1) is 10.9. The molecule has 3 heteroatoms. The highest BCUT2D eigenvalue weighted by Gasteiger charge is 2.03. The van der Waals surface area contributed by atoms with Gasteiger partial charge < -0.3 is 4.42 Å². The SMILES string of the molecule is CC(C)/C(=C/c1ccc(Cl)o1)CBr. The van der Waals surface area contributed by atoms with Crippen LogP contribution in [-0.4, -0.2) is 5.33 Å². The normalized spacial score (nSPS) is 12.5. The third-order valence-corrected chi connectivity index (χ3v) is 2.67. The summed E-state index contributed by atoms with van der Waals surface area (Å²) in [4.78, 5) is 0. The van der Waals surface area contributed by atoms with E-state index in [1.54, 1.807) is 6.07 Å². The predicted molar refractivity (Wildman–Crippen MR) is 60.3 cm³/mol. The molecule has 13 heavy (non-hydrogen) atoms. The lowest BCUT2D eigenvalue weighted by Crippen LogP contribution is -1.94. The molecule has 0 radical (unpaired) electrons. The van der Waals surface area contributed by atoms with Gasteiger partial charge in [-0.15, -0.1) is 0 Å². The van der Waals surface area contributed by atoms with Gasteiger partial charge in [0.05, 0.1) is 0 Å². The molecule has 0 aliphatic carbocycles. The Morgan fingerprint density at radius 2 is 2.31 bits per heavy atom. The van der Waals surface area contributed by atoms with Crippen molar-refractivity contribution in [2.24, 2.45) is 5.92 Å². The Morgan fingerprint density at radius 3 is 2.69 bits per heavy atom. The minimum absolute atomic E-state index is 0.434. The highest BCUT2D eigenvalue weighted by Crippen LogP contribution is 2.20. The molecular weight excluding hydrogens is 251 g/mol. The van der Waals surface area contributed by atoms with Gasteiger partial charge in [0.2, 0.25) is 0 Å². The molecule has 1 nitrogen and oxygen atoms in total. The monoisotopic (exact) mass is 262 g/mol. The third kappa shape index (κ3) is 3.20. The first-order valence-electron chi connectivity index (χ1n) is 4.15. The number of halogens is 2. The van der Waals surface area contributed by atoms with E-state index in [1.807, 2.05) is 12.1 Å². The second kappa shape index (κ2) is 4.87. The van der Waals surface area contributed by atoms with E-state index < -0.39 is 0 Å². The van der Waals surface area contributed by atoms with Crippen LogP contribution in [-0.2, 0) is 0 Å². The molecule has 0 amide bonds. The van der Waals surface area contributed by atoms with E-state index in [4.69, 9.17) is 16.0 Å². The van der Waals surface area contributed by atoms with Crippen LogP contribution < -0.4 is 0 Å². The van der Waals surface area contributed by atoms with Crippen LogP contribution in [0.2, 0.25) is 5.22 Å². The van der Waals surface area contributed by atoms with Crippen molar-refractivity contribution >= 4 is 33.6 Å². The Labute approximate surface area is 91.9 Å². The molecule has 72 valence electrons. The van der Waals surface area contributed by atoms with Crippen LogP contribution in [0.3, 0.4) is 0 Å². The number of allylic oxidation sites excluding steroid dienone is 1. The van der Waals surface area contributed by atoms with Gasteiger partial charge in [-0.3, -0.25) is 0 Å². The largest absolute Gasteiger partial charge is 0.445 e. The summed E-state index contributed by atoms with van der Waals surface area (Å²) < 4.78 is 5.23. The maximum absolute atomic E-state index is 5.66. The van der Waals surface area contributed by atoms with E-state index in [9.17, 15) is 0 Å². The fraction of sp³-hybridized carbons (Fsp3) is 0.400. The molecule has 0 saturated carbocycles. The fourth-order valence-electron chi connectivity index (χ4n) is 0.948.